The highest BCUT2D eigenvalue weighted by Crippen LogP contribution is 2.37. The first kappa shape index (κ1) is 21.8. The number of hydrogen-bond donors (Lipinski definition) is 0. The molecule has 1 saturated heterocycles. The van der Waals surface area contributed by atoms with Crippen LogP contribution in [0, 0.1) is 0 Å². The second-order valence-corrected chi connectivity index (χ2v) is 8.02. The zero-order valence-electron chi connectivity index (χ0n) is 17.5. The Morgan fingerprint density at radius 2 is 2.03 bits per heavy atom. The van der Waals surface area contributed by atoms with Crippen LogP contribution in [0.5, 0.6) is 11.5 Å². The van der Waals surface area contributed by atoms with E-state index < -0.39 is 5.97 Å². The minimum Gasteiger partial charge on any atom is -0.493 e. The lowest BCUT2D eigenvalue weighted by Gasteiger charge is -2.15. The van der Waals surface area contributed by atoms with Gasteiger partial charge in [0, 0.05) is 24.2 Å². The third-order valence-electron chi connectivity index (χ3n) is 5.02. The van der Waals surface area contributed by atoms with Crippen LogP contribution in [0.1, 0.15) is 24.0 Å². The lowest BCUT2D eigenvalue weighted by molar-refractivity contribution is -0.130. The van der Waals surface area contributed by atoms with Crippen LogP contribution in [-0.2, 0) is 14.3 Å². The molecule has 0 atom stereocenters. The highest BCUT2D eigenvalue weighted by atomic mass is 79.9. The van der Waals surface area contributed by atoms with Gasteiger partial charge >= 0.3 is 5.97 Å². The normalized spacial score (nSPS) is 16.9. The molecule has 2 aromatic rings. The summed E-state index contributed by atoms with van der Waals surface area (Å²) in [7, 11) is 1.54. The van der Waals surface area contributed by atoms with Crippen LogP contribution in [-0.4, -0.2) is 38.0 Å². The van der Waals surface area contributed by atoms with Crippen molar-refractivity contribution in [2.75, 3.05) is 25.2 Å². The van der Waals surface area contributed by atoms with Gasteiger partial charge in [-0.3, -0.25) is 4.79 Å². The summed E-state index contributed by atoms with van der Waals surface area (Å²) in [6.07, 6.45) is 4.70. The molecule has 32 heavy (non-hydrogen) atoms. The van der Waals surface area contributed by atoms with Crippen LogP contribution in [0.15, 0.2) is 64.2 Å². The van der Waals surface area contributed by atoms with Crippen molar-refractivity contribution in [1.29, 1.82) is 0 Å². The van der Waals surface area contributed by atoms with E-state index in [1.165, 1.54) is 0 Å². The van der Waals surface area contributed by atoms with E-state index in [9.17, 15) is 9.59 Å². The first-order valence-corrected chi connectivity index (χ1v) is 10.8. The van der Waals surface area contributed by atoms with Gasteiger partial charge in [0.15, 0.2) is 17.2 Å². The Kier molecular flexibility index (Phi) is 6.41. The predicted molar refractivity (Wildman–Crippen MR) is 125 cm³/mol. The summed E-state index contributed by atoms with van der Waals surface area (Å²) in [6.45, 7) is 4.69. The predicted octanol–water partition coefficient (Wildman–Crippen LogP) is 4.49. The molecule has 7 nitrogen and oxygen atoms in total. The van der Waals surface area contributed by atoms with Gasteiger partial charge in [0.25, 0.3) is 0 Å². The van der Waals surface area contributed by atoms with Crippen LogP contribution in [0.4, 0.5) is 5.69 Å². The number of cyclic esters (lactones) is 1. The minimum absolute atomic E-state index is 0.120. The Bertz CT molecular complexity index is 1140. The third-order valence-corrected chi connectivity index (χ3v) is 5.61. The van der Waals surface area contributed by atoms with Gasteiger partial charge in [-0.2, -0.15) is 0 Å². The van der Waals surface area contributed by atoms with Gasteiger partial charge in [0.05, 0.1) is 11.6 Å². The van der Waals surface area contributed by atoms with E-state index in [4.69, 9.17) is 14.2 Å². The van der Waals surface area contributed by atoms with E-state index >= 15 is 0 Å². The topological polar surface area (TPSA) is 77.4 Å². The monoisotopic (exact) mass is 496 g/mol. The van der Waals surface area contributed by atoms with Gasteiger partial charge in [0.1, 0.15) is 6.61 Å². The molecule has 0 unspecified atom stereocenters. The quantitative estimate of drug-likeness (QED) is 0.320. The number of esters is 1. The van der Waals surface area contributed by atoms with Crippen LogP contribution in [0.2, 0.25) is 0 Å². The molecule has 0 saturated carbocycles. The number of anilines is 1. The molecular formula is C24H21BrN2O5. The smallest absolute Gasteiger partial charge is 0.363 e. The number of ether oxygens (including phenoxy) is 3. The highest BCUT2D eigenvalue weighted by molar-refractivity contribution is 9.10. The van der Waals surface area contributed by atoms with E-state index in [0.29, 0.717) is 40.1 Å². The van der Waals surface area contributed by atoms with Crippen LogP contribution in [0.3, 0.4) is 0 Å². The van der Waals surface area contributed by atoms with Gasteiger partial charge in [-0.1, -0.05) is 12.7 Å². The van der Waals surface area contributed by atoms with Crippen molar-refractivity contribution in [3.63, 3.8) is 0 Å². The van der Waals surface area contributed by atoms with E-state index in [2.05, 4.69) is 27.5 Å². The van der Waals surface area contributed by atoms with E-state index in [1.54, 1.807) is 48.4 Å². The molecule has 0 spiro atoms. The molecule has 2 aliphatic heterocycles. The molecule has 8 heteroatoms. The second-order valence-electron chi connectivity index (χ2n) is 7.17. The molecule has 164 valence electrons. The first-order valence-electron chi connectivity index (χ1n) is 10.0. The number of amides is 1. The molecule has 4 rings (SSSR count). The maximum atomic E-state index is 12.4. The maximum absolute atomic E-state index is 12.4. The van der Waals surface area contributed by atoms with Gasteiger partial charge in [-0.25, -0.2) is 9.79 Å². The summed E-state index contributed by atoms with van der Waals surface area (Å²) in [4.78, 5) is 30.4. The number of aliphatic imine (C=N–C) groups is 1. The maximum Gasteiger partial charge on any atom is 0.363 e. The van der Waals surface area contributed by atoms with Crippen molar-refractivity contribution in [1.82, 2.24) is 0 Å². The van der Waals surface area contributed by atoms with Gasteiger partial charge in [-0.05, 0) is 70.4 Å². The number of nitrogens with zero attached hydrogens (tertiary/aromatic N) is 2. The van der Waals surface area contributed by atoms with Crippen molar-refractivity contribution >= 4 is 45.5 Å². The van der Waals surface area contributed by atoms with Crippen LogP contribution < -0.4 is 14.4 Å². The van der Waals surface area contributed by atoms with E-state index in [1.807, 2.05) is 12.1 Å². The Balaban J connectivity index is 1.58. The standard InChI is InChI=1S/C24H21BrN2O5/c1-3-11-31-22-18(25)12-15(14-20(22)30-2)13-19-24(29)32-23(26-19)16-6-8-17(9-7-16)27-10-4-5-21(27)28/h3,6-9,12-14H,1,4-5,10-11H2,2H3/b19-13-. The number of carbonyl (C=O) groups is 2. The fraction of sp³-hybridized carbons (Fsp3) is 0.208. The molecule has 2 aromatic carbocycles. The van der Waals surface area contributed by atoms with Crippen molar-refractivity contribution in [2.24, 2.45) is 4.99 Å². The summed E-state index contributed by atoms with van der Waals surface area (Å²) in [5.74, 6) is 0.855. The zero-order chi connectivity index (χ0) is 22.7. The Morgan fingerprint density at radius 1 is 1.25 bits per heavy atom. The molecule has 2 heterocycles. The largest absolute Gasteiger partial charge is 0.493 e. The molecule has 1 fully saturated rings. The summed E-state index contributed by atoms with van der Waals surface area (Å²) >= 11 is 3.47. The molecule has 0 N–H and O–H groups in total. The first-order chi connectivity index (χ1) is 15.5. The van der Waals surface area contributed by atoms with Crippen molar-refractivity contribution in [3.8, 4) is 11.5 Å². The number of methoxy groups -OCH3 is 1. The fourth-order valence-corrected chi connectivity index (χ4v) is 4.08. The van der Waals surface area contributed by atoms with Gasteiger partial charge in [0.2, 0.25) is 11.8 Å². The van der Waals surface area contributed by atoms with E-state index in [0.717, 1.165) is 18.7 Å². The van der Waals surface area contributed by atoms with E-state index in [-0.39, 0.29) is 17.5 Å². The highest BCUT2D eigenvalue weighted by Gasteiger charge is 2.26. The zero-order valence-corrected chi connectivity index (χ0v) is 19.1. The number of hydrogen-bond acceptors (Lipinski definition) is 6. The SMILES string of the molecule is C=CCOc1c(Br)cc(/C=C2\N=C(c3ccc(N4CCCC4=O)cc3)OC2=O)cc1OC. The van der Waals surface area contributed by atoms with Crippen LogP contribution in [0.25, 0.3) is 6.08 Å². The fourth-order valence-electron chi connectivity index (χ4n) is 3.50. The Hall–Kier alpha value is -3.39. The van der Waals surface area contributed by atoms with Crippen molar-refractivity contribution in [3.05, 3.63) is 70.3 Å². The number of benzene rings is 2. The Labute approximate surface area is 194 Å². The summed E-state index contributed by atoms with van der Waals surface area (Å²) in [5.41, 5.74) is 2.35. The second kappa shape index (κ2) is 9.40. The average molecular weight is 497 g/mol. The summed E-state index contributed by atoms with van der Waals surface area (Å²) in [5, 5.41) is 0. The van der Waals surface area contributed by atoms with Crippen molar-refractivity contribution < 1.29 is 23.8 Å². The number of rotatable bonds is 7. The summed E-state index contributed by atoms with van der Waals surface area (Å²) < 4.78 is 17.1. The molecule has 1 amide bonds. The molecule has 0 radical (unpaired) electrons. The summed E-state index contributed by atoms with van der Waals surface area (Å²) in [6, 6.07) is 10.8. The number of carbonyl (C=O) groups excluding carboxylic acids is 2. The number of halogens is 1. The molecular weight excluding hydrogens is 476 g/mol. The minimum atomic E-state index is -0.541. The molecule has 0 aliphatic carbocycles. The lowest BCUT2D eigenvalue weighted by Crippen LogP contribution is -2.23. The molecule has 0 aromatic heterocycles. The lowest BCUT2D eigenvalue weighted by atomic mass is 10.1. The third kappa shape index (κ3) is 4.45. The van der Waals surface area contributed by atoms with Gasteiger partial charge < -0.3 is 19.1 Å². The Morgan fingerprint density at radius 3 is 2.69 bits per heavy atom. The molecule has 2 aliphatic rings. The van der Waals surface area contributed by atoms with Gasteiger partial charge in [-0.15, -0.1) is 0 Å². The molecule has 0 bridgehead atoms. The average Bonchev–Trinajstić information content (AvgIpc) is 3.38. The van der Waals surface area contributed by atoms with Crippen LogP contribution >= 0.6 is 15.9 Å². The van der Waals surface area contributed by atoms with Crippen molar-refractivity contribution in [2.45, 2.75) is 12.8 Å².